The Balaban J connectivity index is 1.48. The number of esters is 1. The number of carbonyl (C=O) groups excluding carboxylic acids is 4. The summed E-state index contributed by atoms with van der Waals surface area (Å²) in [6.07, 6.45) is 2.67. The number of piperidine rings is 1. The van der Waals surface area contributed by atoms with E-state index >= 15 is 0 Å². The predicted molar refractivity (Wildman–Crippen MR) is 171 cm³/mol. The second-order valence-electron chi connectivity index (χ2n) is 16.3. The molecule has 0 aromatic heterocycles. The molecule has 2 saturated heterocycles. The lowest BCUT2D eigenvalue weighted by molar-refractivity contribution is -0.157. The zero-order valence-electron chi connectivity index (χ0n) is 28.4. The Morgan fingerprint density at radius 3 is 2.29 bits per heavy atom. The molecule has 1 unspecified atom stereocenters. The van der Waals surface area contributed by atoms with Crippen molar-refractivity contribution in [3.05, 3.63) is 35.9 Å². The van der Waals surface area contributed by atoms with Gasteiger partial charge in [0.25, 0.3) is 0 Å². The maximum atomic E-state index is 14.3. The Morgan fingerprint density at radius 2 is 1.69 bits per heavy atom. The van der Waals surface area contributed by atoms with Gasteiger partial charge in [-0.15, -0.1) is 0 Å². The number of ether oxygens (including phenoxy) is 1. The number of amides is 4. The topological polar surface area (TPSA) is 128 Å². The van der Waals surface area contributed by atoms with E-state index in [1.807, 2.05) is 85.7 Å². The van der Waals surface area contributed by atoms with Crippen LogP contribution in [-0.2, 0) is 25.7 Å². The summed E-state index contributed by atoms with van der Waals surface area (Å²) in [4.78, 5) is 57.5. The van der Waals surface area contributed by atoms with Crippen LogP contribution >= 0.6 is 0 Å². The molecule has 4 rings (SSSR count). The van der Waals surface area contributed by atoms with Gasteiger partial charge in [-0.3, -0.25) is 9.59 Å². The minimum atomic E-state index is -0.937. The average Bonchev–Trinajstić information content (AvgIpc) is 3.52. The molecule has 4 amide bonds. The fraction of sp³-hybridized carbons (Fsp3) is 0.714. The lowest BCUT2D eigenvalue weighted by Gasteiger charge is -2.44. The summed E-state index contributed by atoms with van der Waals surface area (Å²) in [7, 11) is 0. The van der Waals surface area contributed by atoms with E-state index in [0.29, 0.717) is 19.4 Å². The van der Waals surface area contributed by atoms with Crippen LogP contribution in [0.15, 0.2) is 30.3 Å². The van der Waals surface area contributed by atoms with Crippen molar-refractivity contribution in [2.75, 3.05) is 13.1 Å². The maximum Gasteiger partial charge on any atom is 0.329 e. The van der Waals surface area contributed by atoms with Gasteiger partial charge in [0.1, 0.15) is 24.9 Å². The van der Waals surface area contributed by atoms with E-state index < -0.39 is 47.2 Å². The molecule has 1 aromatic carbocycles. The number of nitrogens with one attached hydrogen (secondary N) is 2. The van der Waals surface area contributed by atoms with Crippen LogP contribution < -0.4 is 10.6 Å². The molecule has 2 heterocycles. The number of hydrogen-bond acceptors (Lipinski definition) is 6. The van der Waals surface area contributed by atoms with E-state index in [9.17, 15) is 24.3 Å². The zero-order valence-corrected chi connectivity index (χ0v) is 28.4. The summed E-state index contributed by atoms with van der Waals surface area (Å²) < 4.78 is 5.75. The first-order chi connectivity index (χ1) is 20.9. The van der Waals surface area contributed by atoms with E-state index in [1.165, 1.54) is 4.90 Å². The van der Waals surface area contributed by atoms with Gasteiger partial charge in [-0.2, -0.15) is 0 Å². The number of likely N-dealkylation sites (tertiary alicyclic amines) is 2. The molecule has 3 N–H and O–H groups in total. The van der Waals surface area contributed by atoms with Gasteiger partial charge in [0, 0.05) is 19.5 Å². The Bertz CT molecular complexity index is 1240. The van der Waals surface area contributed by atoms with Gasteiger partial charge in [0.15, 0.2) is 0 Å². The van der Waals surface area contributed by atoms with Gasteiger partial charge in [0.05, 0.1) is 6.04 Å². The number of aliphatic hydroxyl groups is 1. The minimum Gasteiger partial charge on any atom is -0.459 e. The van der Waals surface area contributed by atoms with E-state index in [-0.39, 0.29) is 42.2 Å². The van der Waals surface area contributed by atoms with Gasteiger partial charge >= 0.3 is 12.0 Å². The van der Waals surface area contributed by atoms with Crippen molar-refractivity contribution in [2.45, 2.75) is 118 Å². The standard InChI is InChI=1S/C35H54N4O6/c1-33(2,3)25(20-38-26(40)17-35(7,8)18-27(38)41)36-32(44)37-29(34(4,5)6)30(42)39-19-23-15-12-16-24(23)28(39)31(43)45-21-22-13-10-9-11-14-22/h9-11,13-14,23-26,28-29,40H,12,15-21H2,1-8H3,(H2,36,37,44)/t23-,24-,25+,26?,28-,29+/m0/s1. The van der Waals surface area contributed by atoms with Crippen LogP contribution in [0.25, 0.3) is 0 Å². The van der Waals surface area contributed by atoms with Crippen LogP contribution in [0.3, 0.4) is 0 Å². The van der Waals surface area contributed by atoms with E-state index in [1.54, 1.807) is 4.90 Å². The maximum absolute atomic E-state index is 14.3. The zero-order chi connectivity index (χ0) is 33.3. The van der Waals surface area contributed by atoms with Crippen LogP contribution in [0.4, 0.5) is 4.79 Å². The third-order valence-corrected chi connectivity index (χ3v) is 9.80. The van der Waals surface area contributed by atoms with E-state index in [4.69, 9.17) is 4.74 Å². The first-order valence-corrected chi connectivity index (χ1v) is 16.4. The molecule has 0 bridgehead atoms. The summed E-state index contributed by atoms with van der Waals surface area (Å²) in [5, 5.41) is 16.7. The van der Waals surface area contributed by atoms with Crippen molar-refractivity contribution >= 4 is 23.8 Å². The van der Waals surface area contributed by atoms with E-state index in [2.05, 4.69) is 10.6 Å². The fourth-order valence-electron chi connectivity index (χ4n) is 7.10. The smallest absolute Gasteiger partial charge is 0.329 e. The third-order valence-electron chi connectivity index (χ3n) is 9.80. The Kier molecular flexibility index (Phi) is 10.3. The predicted octanol–water partition coefficient (Wildman–Crippen LogP) is 4.45. The first-order valence-electron chi connectivity index (χ1n) is 16.4. The van der Waals surface area contributed by atoms with Crippen molar-refractivity contribution in [1.29, 1.82) is 0 Å². The average molecular weight is 627 g/mol. The molecule has 0 radical (unpaired) electrons. The molecule has 1 aliphatic carbocycles. The summed E-state index contributed by atoms with van der Waals surface area (Å²) in [6.45, 7) is 16.2. The number of rotatable bonds is 8. The summed E-state index contributed by atoms with van der Waals surface area (Å²) in [5.74, 6) is -0.594. The molecule has 0 spiro atoms. The number of aliphatic hydroxyl groups excluding tert-OH is 1. The Hall–Kier alpha value is -3.14. The van der Waals surface area contributed by atoms with Crippen LogP contribution in [0.2, 0.25) is 0 Å². The monoisotopic (exact) mass is 626 g/mol. The quantitative estimate of drug-likeness (QED) is 0.366. The van der Waals surface area contributed by atoms with Crippen molar-refractivity contribution in [3.8, 4) is 0 Å². The SMILES string of the molecule is CC1(C)CC(=O)N(C[C@@H](NC(=O)N[C@H](C(=O)N2C[C@@H]3CCC[C@@H]3[C@H]2C(=O)OCc2ccccc2)C(C)(C)C)C(C)(C)C)C(O)C1. The molecule has 45 heavy (non-hydrogen) atoms. The molecule has 1 saturated carbocycles. The van der Waals surface area contributed by atoms with Crippen LogP contribution in [0.1, 0.15) is 93.1 Å². The van der Waals surface area contributed by atoms with Crippen LogP contribution in [0, 0.1) is 28.1 Å². The highest BCUT2D eigenvalue weighted by atomic mass is 16.5. The van der Waals surface area contributed by atoms with Gasteiger partial charge in [-0.05, 0) is 52.9 Å². The molecule has 6 atom stereocenters. The highest BCUT2D eigenvalue weighted by molar-refractivity contribution is 5.92. The third kappa shape index (κ3) is 8.37. The summed E-state index contributed by atoms with van der Waals surface area (Å²) in [6, 6.07) is 6.84. The second kappa shape index (κ2) is 13.3. The molecule has 10 nitrogen and oxygen atoms in total. The summed E-state index contributed by atoms with van der Waals surface area (Å²) >= 11 is 0. The molecular formula is C35H54N4O6. The number of hydrogen-bond donors (Lipinski definition) is 3. The van der Waals surface area contributed by atoms with Crippen molar-refractivity contribution in [2.24, 2.45) is 28.1 Å². The highest BCUT2D eigenvalue weighted by Gasteiger charge is 2.52. The van der Waals surface area contributed by atoms with E-state index in [0.717, 1.165) is 24.8 Å². The molecular weight excluding hydrogens is 572 g/mol. The highest BCUT2D eigenvalue weighted by Crippen LogP contribution is 2.43. The number of fused-ring (bicyclic) bond motifs is 1. The van der Waals surface area contributed by atoms with Crippen LogP contribution in [0.5, 0.6) is 0 Å². The van der Waals surface area contributed by atoms with Gasteiger partial charge in [-0.1, -0.05) is 92.1 Å². The second-order valence-corrected chi connectivity index (χ2v) is 16.3. The number of carbonyl (C=O) groups is 4. The fourth-order valence-corrected chi connectivity index (χ4v) is 7.10. The van der Waals surface area contributed by atoms with Crippen molar-refractivity contribution < 1.29 is 29.0 Å². The van der Waals surface area contributed by atoms with Crippen LogP contribution in [-0.4, -0.2) is 76.2 Å². The van der Waals surface area contributed by atoms with Crippen molar-refractivity contribution in [1.82, 2.24) is 20.4 Å². The Morgan fingerprint density at radius 1 is 1.02 bits per heavy atom. The normalized spacial score (nSPS) is 26.2. The van der Waals surface area contributed by atoms with Gasteiger partial charge in [-0.25, -0.2) is 9.59 Å². The minimum absolute atomic E-state index is 0.0374. The van der Waals surface area contributed by atoms with Crippen molar-refractivity contribution in [3.63, 3.8) is 0 Å². The molecule has 10 heteroatoms. The number of urea groups is 1. The van der Waals surface area contributed by atoms with Gasteiger partial charge < -0.3 is 30.3 Å². The molecule has 3 fully saturated rings. The first kappa shape index (κ1) is 34.7. The van der Waals surface area contributed by atoms with Gasteiger partial charge in [0.2, 0.25) is 11.8 Å². The molecule has 2 aliphatic heterocycles. The lowest BCUT2D eigenvalue weighted by atomic mass is 9.80. The number of nitrogens with zero attached hydrogens (tertiary/aromatic N) is 2. The lowest BCUT2D eigenvalue weighted by Crippen LogP contribution is -2.62. The molecule has 250 valence electrons. The molecule has 1 aromatic rings. The summed E-state index contributed by atoms with van der Waals surface area (Å²) in [5.41, 5.74) is -0.528. The molecule has 3 aliphatic rings. The Labute approximate surface area is 268 Å². The largest absolute Gasteiger partial charge is 0.459 e. The number of benzene rings is 1.